The van der Waals surface area contributed by atoms with Gasteiger partial charge in [0.15, 0.2) is 0 Å². The molecule has 0 radical (unpaired) electrons. The Kier molecular flexibility index (Phi) is 4.24. The second-order valence-corrected chi connectivity index (χ2v) is 7.96. The lowest BCUT2D eigenvalue weighted by molar-refractivity contribution is -0.112. The first-order valence-electron chi connectivity index (χ1n) is 8.53. The molecule has 0 aromatic heterocycles. The lowest BCUT2D eigenvalue weighted by Gasteiger charge is -2.26. The van der Waals surface area contributed by atoms with E-state index in [0.29, 0.717) is 12.5 Å². The highest BCUT2D eigenvalue weighted by molar-refractivity contribution is 5.72. The number of nitrogens with zero attached hydrogens (tertiary/aromatic N) is 1. The summed E-state index contributed by atoms with van der Waals surface area (Å²) in [6.07, 6.45) is 5.17. The van der Waals surface area contributed by atoms with Gasteiger partial charge in [-0.2, -0.15) is 0 Å². The molecule has 1 unspecified atom stereocenters. The standard InChI is InChI=1S/C20H25NO3/c1-19(2,3)24-18(23)21(13-20(14-22)9-10-20)12-16-11-17(16)15-7-5-4-6-8-15/h4-8,12,14,17H,9-11,13H2,1-3H3/b16-12-. The molecule has 0 saturated heterocycles. The topological polar surface area (TPSA) is 46.6 Å². The molecule has 0 heterocycles. The largest absolute Gasteiger partial charge is 0.443 e. The SMILES string of the molecule is CC(C)(C)OC(=O)N(/C=C1/CC1c1ccccc1)CC1(C=O)CC1. The van der Waals surface area contributed by atoms with Crippen LogP contribution in [0, 0.1) is 5.41 Å². The molecule has 0 N–H and O–H groups in total. The van der Waals surface area contributed by atoms with Gasteiger partial charge >= 0.3 is 6.09 Å². The van der Waals surface area contributed by atoms with E-state index in [2.05, 4.69) is 12.1 Å². The number of hydrogen-bond acceptors (Lipinski definition) is 3. The third kappa shape index (κ3) is 4.05. The van der Waals surface area contributed by atoms with Crippen molar-refractivity contribution < 1.29 is 14.3 Å². The van der Waals surface area contributed by atoms with Gasteiger partial charge in [0.25, 0.3) is 0 Å². The Morgan fingerprint density at radius 3 is 2.50 bits per heavy atom. The lowest BCUT2D eigenvalue weighted by atomic mass is 10.1. The molecule has 1 amide bonds. The van der Waals surface area contributed by atoms with Crippen LogP contribution in [0.3, 0.4) is 0 Å². The molecule has 128 valence electrons. The van der Waals surface area contributed by atoms with Crippen molar-refractivity contribution >= 4 is 12.4 Å². The number of aldehydes is 1. The minimum atomic E-state index is -0.548. The molecule has 24 heavy (non-hydrogen) atoms. The summed E-state index contributed by atoms with van der Waals surface area (Å²) in [7, 11) is 0. The Bertz CT molecular complexity index is 653. The number of carbonyl (C=O) groups excluding carboxylic acids is 2. The van der Waals surface area contributed by atoms with Crippen molar-refractivity contribution in [2.24, 2.45) is 5.41 Å². The summed E-state index contributed by atoms with van der Waals surface area (Å²) >= 11 is 0. The van der Waals surface area contributed by atoms with Crippen molar-refractivity contribution in [1.29, 1.82) is 0 Å². The van der Waals surface area contributed by atoms with Crippen LogP contribution in [-0.4, -0.2) is 29.4 Å². The zero-order valence-corrected chi connectivity index (χ0v) is 14.6. The van der Waals surface area contributed by atoms with Gasteiger partial charge in [0.05, 0.1) is 0 Å². The molecule has 1 atom stereocenters. The van der Waals surface area contributed by atoms with Crippen LogP contribution in [0.15, 0.2) is 42.1 Å². The van der Waals surface area contributed by atoms with Gasteiger partial charge in [-0.25, -0.2) is 4.79 Å². The maximum atomic E-state index is 12.5. The average Bonchev–Trinajstić information content (AvgIpc) is 3.42. The zero-order chi connectivity index (χ0) is 17.4. The number of amides is 1. The Balaban J connectivity index is 1.74. The van der Waals surface area contributed by atoms with Crippen LogP contribution >= 0.6 is 0 Å². The summed E-state index contributed by atoms with van der Waals surface area (Å²) in [6.45, 7) is 5.97. The van der Waals surface area contributed by atoms with E-state index in [-0.39, 0.29) is 11.5 Å². The van der Waals surface area contributed by atoms with Crippen molar-refractivity contribution in [3.8, 4) is 0 Å². The Morgan fingerprint density at radius 1 is 1.29 bits per heavy atom. The normalized spacial score (nSPS) is 22.8. The Morgan fingerprint density at radius 2 is 1.96 bits per heavy atom. The van der Waals surface area contributed by atoms with Gasteiger partial charge in [0.1, 0.15) is 11.9 Å². The third-order valence-corrected chi connectivity index (χ3v) is 4.51. The number of hydrogen-bond donors (Lipinski definition) is 0. The number of carbonyl (C=O) groups is 2. The van der Waals surface area contributed by atoms with E-state index >= 15 is 0 Å². The first-order chi connectivity index (χ1) is 11.3. The van der Waals surface area contributed by atoms with Gasteiger partial charge in [0.2, 0.25) is 0 Å². The molecule has 2 aliphatic rings. The van der Waals surface area contributed by atoms with Gasteiger partial charge in [-0.15, -0.1) is 0 Å². The van der Waals surface area contributed by atoms with Crippen molar-refractivity contribution in [1.82, 2.24) is 4.90 Å². The summed E-state index contributed by atoms with van der Waals surface area (Å²) in [6, 6.07) is 10.3. The molecule has 0 spiro atoms. The van der Waals surface area contributed by atoms with Gasteiger partial charge in [-0.3, -0.25) is 4.90 Å². The van der Waals surface area contributed by atoms with Crippen LogP contribution in [0.1, 0.15) is 51.5 Å². The second kappa shape index (κ2) is 6.08. The maximum absolute atomic E-state index is 12.5. The zero-order valence-electron chi connectivity index (χ0n) is 14.6. The van der Waals surface area contributed by atoms with Crippen LogP contribution in [0.2, 0.25) is 0 Å². The smallest absolute Gasteiger partial charge is 0.414 e. The van der Waals surface area contributed by atoms with Crippen LogP contribution in [0.5, 0.6) is 0 Å². The number of rotatable bonds is 5. The molecule has 0 aliphatic heterocycles. The van der Waals surface area contributed by atoms with E-state index in [4.69, 9.17) is 4.74 Å². The molecular weight excluding hydrogens is 302 g/mol. The molecular formula is C20H25NO3. The fourth-order valence-electron chi connectivity index (χ4n) is 2.83. The summed E-state index contributed by atoms with van der Waals surface area (Å²) < 4.78 is 5.51. The summed E-state index contributed by atoms with van der Waals surface area (Å²) in [5.74, 6) is 0.377. The van der Waals surface area contributed by atoms with E-state index in [1.54, 1.807) is 4.90 Å². The second-order valence-electron chi connectivity index (χ2n) is 7.96. The van der Waals surface area contributed by atoms with E-state index in [1.165, 1.54) is 11.1 Å². The van der Waals surface area contributed by atoms with Crippen LogP contribution in [0.25, 0.3) is 0 Å². The van der Waals surface area contributed by atoms with E-state index in [0.717, 1.165) is 25.5 Å². The third-order valence-electron chi connectivity index (χ3n) is 4.51. The molecule has 1 aromatic rings. The first-order valence-corrected chi connectivity index (χ1v) is 8.53. The lowest BCUT2D eigenvalue weighted by Crippen LogP contribution is -2.37. The minimum Gasteiger partial charge on any atom is -0.443 e. The van der Waals surface area contributed by atoms with E-state index in [9.17, 15) is 9.59 Å². The number of allylic oxidation sites excluding steroid dienone is 1. The summed E-state index contributed by atoms with van der Waals surface area (Å²) in [5, 5.41) is 0. The molecule has 4 heteroatoms. The highest BCUT2D eigenvalue weighted by Crippen LogP contribution is 2.48. The molecule has 2 aliphatic carbocycles. The highest BCUT2D eigenvalue weighted by atomic mass is 16.6. The highest BCUT2D eigenvalue weighted by Gasteiger charge is 2.45. The Hall–Kier alpha value is -2.10. The fourth-order valence-corrected chi connectivity index (χ4v) is 2.83. The van der Waals surface area contributed by atoms with Crippen LogP contribution < -0.4 is 0 Å². The van der Waals surface area contributed by atoms with Crippen molar-refractivity contribution in [3.05, 3.63) is 47.7 Å². The molecule has 3 rings (SSSR count). The van der Waals surface area contributed by atoms with Gasteiger partial charge < -0.3 is 9.53 Å². The molecule has 4 nitrogen and oxygen atoms in total. The number of ether oxygens (including phenoxy) is 1. The van der Waals surface area contributed by atoms with Gasteiger partial charge in [-0.05, 0) is 51.2 Å². The van der Waals surface area contributed by atoms with Crippen LogP contribution in [-0.2, 0) is 9.53 Å². The predicted octanol–water partition coefficient (Wildman–Crippen LogP) is 4.27. The average molecular weight is 327 g/mol. The van der Waals surface area contributed by atoms with Crippen molar-refractivity contribution in [2.75, 3.05) is 6.54 Å². The Labute approximate surface area is 143 Å². The number of benzene rings is 1. The van der Waals surface area contributed by atoms with Crippen molar-refractivity contribution in [3.63, 3.8) is 0 Å². The van der Waals surface area contributed by atoms with E-state index in [1.807, 2.05) is 45.2 Å². The van der Waals surface area contributed by atoms with Crippen LogP contribution in [0.4, 0.5) is 4.79 Å². The van der Waals surface area contributed by atoms with Gasteiger partial charge in [0, 0.05) is 24.1 Å². The molecule has 2 saturated carbocycles. The molecule has 2 fully saturated rings. The quantitative estimate of drug-likeness (QED) is 0.759. The molecule has 1 aromatic carbocycles. The monoisotopic (exact) mass is 327 g/mol. The summed E-state index contributed by atoms with van der Waals surface area (Å²) in [4.78, 5) is 25.5. The predicted molar refractivity (Wildman–Crippen MR) is 92.6 cm³/mol. The fraction of sp³-hybridized carbons (Fsp3) is 0.500. The van der Waals surface area contributed by atoms with Gasteiger partial charge in [-0.1, -0.05) is 30.3 Å². The minimum absolute atomic E-state index is 0.370. The summed E-state index contributed by atoms with van der Waals surface area (Å²) in [5.41, 5.74) is 1.57. The molecule has 0 bridgehead atoms. The first kappa shape index (κ1) is 16.7. The van der Waals surface area contributed by atoms with Crippen molar-refractivity contribution in [2.45, 2.75) is 51.6 Å². The van der Waals surface area contributed by atoms with E-state index < -0.39 is 5.60 Å². The maximum Gasteiger partial charge on any atom is 0.414 e.